The summed E-state index contributed by atoms with van der Waals surface area (Å²) in [6, 6.07) is 0.0881. The van der Waals surface area contributed by atoms with Crippen molar-refractivity contribution in [2.45, 2.75) is 45.7 Å². The second kappa shape index (κ2) is 8.68. The van der Waals surface area contributed by atoms with E-state index in [-0.39, 0.29) is 18.0 Å². The molecule has 0 saturated heterocycles. The summed E-state index contributed by atoms with van der Waals surface area (Å²) in [5, 5.41) is 6.05. The molecule has 0 radical (unpaired) electrons. The Morgan fingerprint density at radius 3 is 2.47 bits per heavy atom. The molecule has 0 aliphatic carbocycles. The molecular formula is C11H24N2O2. The first-order valence-corrected chi connectivity index (χ1v) is 5.60. The highest BCUT2D eigenvalue weighted by atomic mass is 16.5. The van der Waals surface area contributed by atoms with Crippen LogP contribution >= 0.6 is 0 Å². The number of nitrogens with one attached hydrogen (secondary N) is 2. The molecule has 0 heterocycles. The third-order valence-electron chi connectivity index (χ3n) is 2.05. The van der Waals surface area contributed by atoms with E-state index in [1.165, 1.54) is 0 Å². The summed E-state index contributed by atoms with van der Waals surface area (Å²) in [6.45, 7) is 7.45. The number of hydrogen-bond acceptors (Lipinski definition) is 3. The van der Waals surface area contributed by atoms with E-state index in [1.54, 1.807) is 7.11 Å². The molecule has 4 heteroatoms. The van der Waals surface area contributed by atoms with Crippen LogP contribution in [0.4, 0.5) is 0 Å². The lowest BCUT2D eigenvalue weighted by atomic mass is 10.2. The molecule has 0 aliphatic rings. The maximum Gasteiger partial charge on any atom is 0.237 e. The Kier molecular flexibility index (Phi) is 8.33. The topological polar surface area (TPSA) is 50.4 Å². The summed E-state index contributed by atoms with van der Waals surface area (Å²) in [4.78, 5) is 11.5. The van der Waals surface area contributed by atoms with Gasteiger partial charge in [0.1, 0.15) is 0 Å². The molecule has 90 valence electrons. The van der Waals surface area contributed by atoms with E-state index < -0.39 is 0 Å². The molecule has 0 fully saturated rings. The lowest BCUT2D eigenvalue weighted by molar-refractivity contribution is -0.123. The van der Waals surface area contributed by atoms with Gasteiger partial charge in [-0.15, -0.1) is 0 Å². The summed E-state index contributed by atoms with van der Waals surface area (Å²) >= 11 is 0. The number of rotatable bonds is 8. The number of amides is 1. The van der Waals surface area contributed by atoms with E-state index in [4.69, 9.17) is 4.74 Å². The first-order valence-electron chi connectivity index (χ1n) is 5.60. The van der Waals surface area contributed by atoms with Gasteiger partial charge in [-0.25, -0.2) is 0 Å². The van der Waals surface area contributed by atoms with Gasteiger partial charge in [0.15, 0.2) is 0 Å². The van der Waals surface area contributed by atoms with Gasteiger partial charge in [-0.05, 0) is 40.2 Å². The predicted octanol–water partition coefficient (Wildman–Crippen LogP) is 0.916. The highest BCUT2D eigenvalue weighted by Crippen LogP contribution is 1.90. The van der Waals surface area contributed by atoms with Gasteiger partial charge in [0.05, 0.1) is 6.04 Å². The minimum atomic E-state index is -0.116. The normalized spacial score (nSPS) is 12.9. The molecule has 0 saturated carbocycles. The van der Waals surface area contributed by atoms with Crippen LogP contribution in [0.25, 0.3) is 0 Å². The van der Waals surface area contributed by atoms with Crippen LogP contribution in [0, 0.1) is 0 Å². The fourth-order valence-corrected chi connectivity index (χ4v) is 1.19. The molecule has 0 spiro atoms. The van der Waals surface area contributed by atoms with Crippen molar-refractivity contribution >= 4 is 5.91 Å². The maximum atomic E-state index is 11.5. The molecule has 0 aromatic carbocycles. The second-order valence-corrected chi connectivity index (χ2v) is 4.04. The zero-order chi connectivity index (χ0) is 11.7. The molecule has 4 nitrogen and oxygen atoms in total. The lowest BCUT2D eigenvalue weighted by Gasteiger charge is -2.15. The molecular weight excluding hydrogens is 192 g/mol. The van der Waals surface area contributed by atoms with Gasteiger partial charge in [0.2, 0.25) is 5.91 Å². The summed E-state index contributed by atoms with van der Waals surface area (Å²) in [7, 11) is 1.70. The smallest absolute Gasteiger partial charge is 0.237 e. The van der Waals surface area contributed by atoms with Crippen LogP contribution in [0.5, 0.6) is 0 Å². The summed E-state index contributed by atoms with van der Waals surface area (Å²) < 4.78 is 4.94. The number of hydrogen-bond donors (Lipinski definition) is 2. The van der Waals surface area contributed by atoms with E-state index in [2.05, 4.69) is 10.6 Å². The number of unbranched alkanes of at least 4 members (excludes halogenated alkanes) is 1. The van der Waals surface area contributed by atoms with Gasteiger partial charge < -0.3 is 15.4 Å². The van der Waals surface area contributed by atoms with Gasteiger partial charge in [0, 0.05) is 19.8 Å². The van der Waals surface area contributed by atoms with Crippen LogP contribution in [0.15, 0.2) is 0 Å². The Hall–Kier alpha value is -0.610. The third-order valence-corrected chi connectivity index (χ3v) is 2.05. The van der Waals surface area contributed by atoms with Crippen molar-refractivity contribution in [3.8, 4) is 0 Å². The standard InChI is InChI=1S/C11H24N2O2/c1-9(2)13-11(14)10(3)12-7-5-6-8-15-4/h9-10,12H,5-8H2,1-4H3,(H,13,14). The van der Waals surface area contributed by atoms with Crippen molar-refractivity contribution in [2.75, 3.05) is 20.3 Å². The molecule has 0 bridgehead atoms. The molecule has 0 aliphatic heterocycles. The molecule has 0 aromatic rings. The van der Waals surface area contributed by atoms with Crippen molar-refractivity contribution in [2.24, 2.45) is 0 Å². The van der Waals surface area contributed by atoms with E-state index >= 15 is 0 Å². The fourth-order valence-electron chi connectivity index (χ4n) is 1.19. The molecule has 1 atom stereocenters. The van der Waals surface area contributed by atoms with Crippen LogP contribution in [-0.2, 0) is 9.53 Å². The largest absolute Gasteiger partial charge is 0.385 e. The average Bonchev–Trinajstić information content (AvgIpc) is 2.16. The highest BCUT2D eigenvalue weighted by Gasteiger charge is 2.11. The number of ether oxygens (including phenoxy) is 1. The summed E-state index contributed by atoms with van der Waals surface area (Å²) in [5.74, 6) is 0.0664. The second-order valence-electron chi connectivity index (χ2n) is 4.04. The van der Waals surface area contributed by atoms with Crippen molar-refractivity contribution in [1.29, 1.82) is 0 Å². The Morgan fingerprint density at radius 2 is 1.93 bits per heavy atom. The Bertz CT molecular complexity index is 172. The highest BCUT2D eigenvalue weighted by molar-refractivity contribution is 5.81. The third kappa shape index (κ3) is 8.39. The first kappa shape index (κ1) is 14.4. The molecule has 15 heavy (non-hydrogen) atoms. The van der Waals surface area contributed by atoms with E-state index in [0.29, 0.717) is 0 Å². The quantitative estimate of drug-likeness (QED) is 0.593. The van der Waals surface area contributed by atoms with Gasteiger partial charge in [-0.1, -0.05) is 0 Å². The van der Waals surface area contributed by atoms with Crippen LogP contribution in [0.1, 0.15) is 33.6 Å². The zero-order valence-electron chi connectivity index (χ0n) is 10.3. The number of carbonyl (C=O) groups is 1. The van der Waals surface area contributed by atoms with Gasteiger partial charge in [-0.2, -0.15) is 0 Å². The summed E-state index contributed by atoms with van der Waals surface area (Å²) in [5.41, 5.74) is 0. The first-order chi connectivity index (χ1) is 7.07. The fraction of sp³-hybridized carbons (Fsp3) is 0.909. The summed E-state index contributed by atoms with van der Waals surface area (Å²) in [6.07, 6.45) is 2.06. The van der Waals surface area contributed by atoms with Gasteiger partial charge in [0.25, 0.3) is 0 Å². The van der Waals surface area contributed by atoms with E-state index in [0.717, 1.165) is 26.0 Å². The number of carbonyl (C=O) groups excluding carboxylic acids is 1. The Labute approximate surface area is 92.8 Å². The SMILES string of the molecule is COCCCCNC(C)C(=O)NC(C)C. The van der Waals surface area contributed by atoms with E-state index in [1.807, 2.05) is 20.8 Å². The zero-order valence-corrected chi connectivity index (χ0v) is 10.3. The van der Waals surface area contributed by atoms with Crippen molar-refractivity contribution < 1.29 is 9.53 Å². The van der Waals surface area contributed by atoms with Crippen LogP contribution in [-0.4, -0.2) is 38.3 Å². The molecule has 2 N–H and O–H groups in total. The van der Waals surface area contributed by atoms with Crippen LogP contribution in [0.2, 0.25) is 0 Å². The molecule has 1 unspecified atom stereocenters. The minimum absolute atomic E-state index is 0.0664. The number of methoxy groups -OCH3 is 1. The van der Waals surface area contributed by atoms with Crippen LogP contribution < -0.4 is 10.6 Å². The predicted molar refractivity (Wildman–Crippen MR) is 61.9 cm³/mol. The van der Waals surface area contributed by atoms with Gasteiger partial charge in [-0.3, -0.25) is 4.79 Å². The molecule has 1 amide bonds. The van der Waals surface area contributed by atoms with Crippen molar-refractivity contribution in [3.63, 3.8) is 0 Å². The minimum Gasteiger partial charge on any atom is -0.385 e. The molecule has 0 aromatic heterocycles. The van der Waals surface area contributed by atoms with Crippen molar-refractivity contribution in [3.05, 3.63) is 0 Å². The van der Waals surface area contributed by atoms with Crippen molar-refractivity contribution in [1.82, 2.24) is 10.6 Å². The average molecular weight is 216 g/mol. The van der Waals surface area contributed by atoms with Crippen LogP contribution in [0.3, 0.4) is 0 Å². The Balaban J connectivity index is 3.47. The van der Waals surface area contributed by atoms with E-state index in [9.17, 15) is 4.79 Å². The monoisotopic (exact) mass is 216 g/mol. The lowest BCUT2D eigenvalue weighted by Crippen LogP contribution is -2.44. The molecule has 0 rings (SSSR count). The Morgan fingerprint density at radius 1 is 1.27 bits per heavy atom. The maximum absolute atomic E-state index is 11.5. The van der Waals surface area contributed by atoms with Gasteiger partial charge >= 0.3 is 0 Å².